The third-order valence-electron chi connectivity index (χ3n) is 5.93. The van der Waals surface area contributed by atoms with Gasteiger partial charge in [-0.1, -0.05) is 18.2 Å². The van der Waals surface area contributed by atoms with Crippen molar-refractivity contribution in [2.75, 3.05) is 6.61 Å². The highest BCUT2D eigenvalue weighted by atomic mass is 32.2. The Hall–Kier alpha value is -3.96. The fraction of sp³-hybridized carbons (Fsp3) is 0.185. The quantitative estimate of drug-likeness (QED) is 0.275. The number of sulfone groups is 1. The number of benzene rings is 2. The average molecular weight is 491 g/mol. The van der Waals surface area contributed by atoms with E-state index in [1.54, 1.807) is 47.9 Å². The lowest BCUT2D eigenvalue weighted by Gasteiger charge is -2.10. The van der Waals surface area contributed by atoms with Crippen molar-refractivity contribution in [3.63, 3.8) is 0 Å². The monoisotopic (exact) mass is 490 g/mol. The van der Waals surface area contributed by atoms with Gasteiger partial charge in [-0.2, -0.15) is 5.26 Å². The molecule has 0 N–H and O–H groups in total. The van der Waals surface area contributed by atoms with Crippen molar-refractivity contribution >= 4 is 21.3 Å². The number of pyridine rings is 1. The number of rotatable bonds is 7. The van der Waals surface area contributed by atoms with E-state index in [0.717, 1.165) is 17.2 Å². The van der Waals surface area contributed by atoms with E-state index < -0.39 is 15.7 Å². The van der Waals surface area contributed by atoms with Crippen molar-refractivity contribution in [2.24, 2.45) is 0 Å². The van der Waals surface area contributed by atoms with E-state index in [-0.39, 0.29) is 40.8 Å². The number of nitrogens with zero attached hydrogens (tertiary/aromatic N) is 2. The minimum Gasteiger partial charge on any atom is -0.466 e. The summed E-state index contributed by atoms with van der Waals surface area (Å²) < 4.78 is 48.0. The topological polar surface area (TPSA) is 88.6 Å². The molecule has 2 heterocycles. The maximum atomic E-state index is 14.9. The van der Waals surface area contributed by atoms with E-state index in [1.807, 2.05) is 6.92 Å². The maximum Gasteiger partial charge on any atom is 0.310 e. The van der Waals surface area contributed by atoms with Gasteiger partial charge in [0.2, 0.25) is 9.84 Å². The largest absolute Gasteiger partial charge is 0.466 e. The van der Waals surface area contributed by atoms with Crippen molar-refractivity contribution < 1.29 is 22.3 Å². The lowest BCUT2D eigenvalue weighted by atomic mass is 10.0. The summed E-state index contributed by atoms with van der Waals surface area (Å²) >= 11 is 0. The summed E-state index contributed by atoms with van der Waals surface area (Å²) in [6.07, 6.45) is 1.73. The van der Waals surface area contributed by atoms with Crippen LogP contribution in [0.4, 0.5) is 4.39 Å². The first kappa shape index (κ1) is 24.2. The number of aromatic nitrogens is 1. The van der Waals surface area contributed by atoms with Gasteiger partial charge >= 0.3 is 5.97 Å². The Bertz CT molecular complexity index is 1570. The van der Waals surface area contributed by atoms with Crippen molar-refractivity contribution in [3.05, 3.63) is 101 Å². The summed E-state index contributed by atoms with van der Waals surface area (Å²) in [4.78, 5) is 12.3. The van der Waals surface area contributed by atoms with E-state index in [9.17, 15) is 22.9 Å². The molecule has 0 aliphatic rings. The molecule has 2 aromatic heterocycles. The van der Waals surface area contributed by atoms with Crippen LogP contribution in [0.3, 0.4) is 0 Å². The molecule has 0 fully saturated rings. The Morgan fingerprint density at radius 3 is 2.51 bits per heavy atom. The van der Waals surface area contributed by atoms with Crippen LogP contribution in [-0.2, 0) is 32.2 Å². The molecule has 0 spiro atoms. The Balaban J connectivity index is 1.82. The SMILES string of the molecule is CCOC(=O)Cc1c(C)c(Cc2cc(S(=O)(=O)c3ccccc3)ccc2F)n2cc(C#N)ccc12. The second-order valence-corrected chi connectivity index (χ2v) is 10.0. The standard InChI is InChI=1S/C27H23FN2O4S/c1-3-34-27(31)15-23-18(2)26(30-17-19(16-29)9-12-25(23)30)14-20-13-22(10-11-24(20)28)35(32,33)21-7-5-4-6-8-21/h4-13,17H,3,14-15H2,1-2H3. The zero-order valence-corrected chi connectivity index (χ0v) is 20.1. The van der Waals surface area contributed by atoms with Crippen LogP contribution >= 0.6 is 0 Å². The van der Waals surface area contributed by atoms with Gasteiger partial charge in [0, 0.05) is 23.8 Å². The number of hydrogen-bond acceptors (Lipinski definition) is 5. The van der Waals surface area contributed by atoms with Crippen LogP contribution in [-0.4, -0.2) is 25.4 Å². The molecule has 35 heavy (non-hydrogen) atoms. The molecule has 0 aliphatic carbocycles. The zero-order valence-electron chi connectivity index (χ0n) is 19.3. The van der Waals surface area contributed by atoms with E-state index in [0.29, 0.717) is 16.8 Å². The minimum absolute atomic E-state index is 0.0110. The molecule has 0 saturated heterocycles. The van der Waals surface area contributed by atoms with Gasteiger partial charge in [0.15, 0.2) is 0 Å². The minimum atomic E-state index is -3.83. The summed E-state index contributed by atoms with van der Waals surface area (Å²) in [5, 5.41) is 9.38. The summed E-state index contributed by atoms with van der Waals surface area (Å²) in [7, 11) is -3.83. The van der Waals surface area contributed by atoms with E-state index >= 15 is 0 Å². The molecule has 0 radical (unpaired) electrons. The predicted molar refractivity (Wildman–Crippen MR) is 128 cm³/mol. The smallest absolute Gasteiger partial charge is 0.310 e. The number of carbonyl (C=O) groups excluding carboxylic acids is 1. The number of esters is 1. The normalized spacial score (nSPS) is 11.4. The second kappa shape index (κ2) is 9.72. The Labute approximate surface area is 203 Å². The fourth-order valence-corrected chi connectivity index (χ4v) is 5.48. The highest BCUT2D eigenvalue weighted by Gasteiger charge is 2.22. The molecule has 0 saturated carbocycles. The average Bonchev–Trinajstić information content (AvgIpc) is 3.11. The van der Waals surface area contributed by atoms with Crippen LogP contribution in [0.25, 0.3) is 5.52 Å². The van der Waals surface area contributed by atoms with Crippen molar-refractivity contribution in [3.8, 4) is 6.07 Å². The number of fused-ring (bicyclic) bond motifs is 1. The predicted octanol–water partition coefficient (Wildman–Crippen LogP) is 4.79. The van der Waals surface area contributed by atoms with Crippen molar-refractivity contribution in [2.45, 2.75) is 36.5 Å². The van der Waals surface area contributed by atoms with E-state index in [1.165, 1.54) is 24.3 Å². The molecular formula is C27H23FN2O4S. The Morgan fingerprint density at radius 2 is 1.83 bits per heavy atom. The molecule has 4 rings (SSSR count). The van der Waals surface area contributed by atoms with Crippen LogP contribution in [0.2, 0.25) is 0 Å². The number of ether oxygens (including phenoxy) is 1. The third kappa shape index (κ3) is 4.68. The highest BCUT2D eigenvalue weighted by Crippen LogP contribution is 2.29. The van der Waals surface area contributed by atoms with Gasteiger partial charge in [-0.25, -0.2) is 12.8 Å². The molecule has 0 amide bonds. The maximum absolute atomic E-state index is 14.9. The van der Waals surface area contributed by atoms with Gasteiger partial charge < -0.3 is 9.14 Å². The molecule has 8 heteroatoms. The Kier molecular flexibility index (Phi) is 6.72. The van der Waals surface area contributed by atoms with E-state index in [4.69, 9.17) is 4.74 Å². The first-order chi connectivity index (χ1) is 16.8. The van der Waals surface area contributed by atoms with Crippen LogP contribution in [0.1, 0.15) is 34.9 Å². The molecule has 0 bridgehead atoms. The molecule has 0 atom stereocenters. The lowest BCUT2D eigenvalue weighted by molar-refractivity contribution is -0.142. The third-order valence-corrected chi connectivity index (χ3v) is 7.70. The van der Waals surface area contributed by atoms with Crippen molar-refractivity contribution in [1.29, 1.82) is 5.26 Å². The first-order valence-corrected chi connectivity index (χ1v) is 12.5. The molecule has 0 unspecified atom stereocenters. The van der Waals surface area contributed by atoms with Crippen LogP contribution in [0, 0.1) is 24.1 Å². The number of nitriles is 1. The molecule has 0 aliphatic heterocycles. The second-order valence-electron chi connectivity index (χ2n) is 8.06. The fourth-order valence-electron chi connectivity index (χ4n) is 4.15. The highest BCUT2D eigenvalue weighted by molar-refractivity contribution is 7.91. The van der Waals surface area contributed by atoms with Gasteiger partial charge in [-0.15, -0.1) is 0 Å². The lowest BCUT2D eigenvalue weighted by Crippen LogP contribution is -2.08. The number of carbonyl (C=O) groups is 1. The van der Waals surface area contributed by atoms with Gasteiger partial charge in [0.25, 0.3) is 0 Å². The molecule has 2 aromatic carbocycles. The molecule has 178 valence electrons. The van der Waals surface area contributed by atoms with E-state index in [2.05, 4.69) is 6.07 Å². The molecule has 4 aromatic rings. The Morgan fingerprint density at radius 1 is 1.09 bits per heavy atom. The number of hydrogen-bond donors (Lipinski definition) is 0. The van der Waals surface area contributed by atoms with Crippen LogP contribution in [0.15, 0.2) is 76.7 Å². The first-order valence-electron chi connectivity index (χ1n) is 11.0. The van der Waals surface area contributed by atoms with Gasteiger partial charge in [0.1, 0.15) is 11.9 Å². The van der Waals surface area contributed by atoms with Crippen LogP contribution in [0.5, 0.6) is 0 Å². The van der Waals surface area contributed by atoms with Crippen molar-refractivity contribution in [1.82, 2.24) is 4.40 Å². The summed E-state index contributed by atoms with van der Waals surface area (Å²) in [5.74, 6) is -0.934. The molecular weight excluding hydrogens is 467 g/mol. The zero-order chi connectivity index (χ0) is 25.2. The van der Waals surface area contributed by atoms with Crippen LogP contribution < -0.4 is 0 Å². The number of halogens is 1. The van der Waals surface area contributed by atoms with Gasteiger partial charge in [0.05, 0.1) is 28.4 Å². The summed E-state index contributed by atoms with van der Waals surface area (Å²) in [5.41, 5.74) is 3.43. The van der Waals surface area contributed by atoms with Gasteiger partial charge in [-0.3, -0.25) is 4.79 Å². The summed E-state index contributed by atoms with van der Waals surface area (Å²) in [6.45, 7) is 3.81. The van der Waals surface area contributed by atoms with Gasteiger partial charge in [-0.05, 0) is 73.0 Å². The molecule has 6 nitrogen and oxygen atoms in total. The summed E-state index contributed by atoms with van der Waals surface area (Å²) in [6, 6.07) is 17.2.